The van der Waals surface area contributed by atoms with Crippen molar-refractivity contribution >= 4 is 34.8 Å². The molecule has 2 nitrogen and oxygen atoms in total. The zero-order chi connectivity index (χ0) is 16.8. The predicted molar refractivity (Wildman–Crippen MR) is 101 cm³/mol. The van der Waals surface area contributed by atoms with Crippen LogP contribution in [0.15, 0.2) is 84.9 Å². The van der Waals surface area contributed by atoms with E-state index in [0.717, 1.165) is 16.9 Å². The zero-order valence-corrected chi connectivity index (χ0v) is 13.7. The molecule has 3 aromatic carbocycles. The van der Waals surface area contributed by atoms with Gasteiger partial charge in [0.15, 0.2) is 5.78 Å². The van der Waals surface area contributed by atoms with E-state index >= 15 is 0 Å². The van der Waals surface area contributed by atoms with E-state index in [2.05, 4.69) is 5.32 Å². The summed E-state index contributed by atoms with van der Waals surface area (Å²) in [5.74, 6) is -0.0313. The Morgan fingerprint density at radius 1 is 0.792 bits per heavy atom. The summed E-state index contributed by atoms with van der Waals surface area (Å²) in [6, 6.07) is 24.7. The van der Waals surface area contributed by atoms with Crippen LogP contribution in [0, 0.1) is 0 Å². The molecule has 24 heavy (non-hydrogen) atoms. The number of hydrogen-bond acceptors (Lipinski definition) is 2. The van der Waals surface area contributed by atoms with Gasteiger partial charge >= 0.3 is 0 Å². The lowest BCUT2D eigenvalue weighted by atomic mass is 10.1. The molecule has 3 rings (SSSR count). The third-order valence-electron chi connectivity index (χ3n) is 3.53. The van der Waals surface area contributed by atoms with E-state index in [4.69, 9.17) is 11.6 Å². The van der Waals surface area contributed by atoms with Gasteiger partial charge in [-0.3, -0.25) is 4.79 Å². The number of rotatable bonds is 5. The Kier molecular flexibility index (Phi) is 5.09. The van der Waals surface area contributed by atoms with Crippen LogP contribution in [0.1, 0.15) is 15.9 Å². The highest BCUT2D eigenvalue weighted by Gasteiger charge is 2.02. The van der Waals surface area contributed by atoms with Crippen LogP contribution in [-0.2, 0) is 0 Å². The van der Waals surface area contributed by atoms with E-state index in [9.17, 15) is 4.79 Å². The molecular formula is C21H16ClNO. The quantitative estimate of drug-likeness (QED) is 0.459. The first-order valence-electron chi connectivity index (χ1n) is 7.61. The van der Waals surface area contributed by atoms with Gasteiger partial charge in [0.05, 0.1) is 0 Å². The normalized spacial score (nSPS) is 10.7. The second kappa shape index (κ2) is 7.62. The fraction of sp³-hybridized carbons (Fsp3) is 0. The van der Waals surface area contributed by atoms with Crippen molar-refractivity contribution in [1.82, 2.24) is 0 Å². The number of hydrogen-bond donors (Lipinski definition) is 1. The summed E-state index contributed by atoms with van der Waals surface area (Å²) in [5, 5.41) is 3.97. The molecule has 0 bridgehead atoms. The number of benzene rings is 3. The van der Waals surface area contributed by atoms with Gasteiger partial charge in [-0.15, -0.1) is 0 Å². The van der Waals surface area contributed by atoms with Gasteiger partial charge < -0.3 is 5.32 Å². The van der Waals surface area contributed by atoms with E-state index < -0.39 is 0 Å². The summed E-state index contributed by atoms with van der Waals surface area (Å²) in [5.41, 5.74) is 3.55. The van der Waals surface area contributed by atoms with Crippen molar-refractivity contribution in [2.24, 2.45) is 0 Å². The zero-order valence-electron chi connectivity index (χ0n) is 12.9. The maximum atomic E-state index is 12.2. The van der Waals surface area contributed by atoms with Gasteiger partial charge in [0.2, 0.25) is 0 Å². The Hall–Kier alpha value is -2.84. The maximum Gasteiger partial charge on any atom is 0.185 e. The Morgan fingerprint density at radius 3 is 2.08 bits per heavy atom. The highest BCUT2D eigenvalue weighted by molar-refractivity contribution is 6.30. The van der Waals surface area contributed by atoms with Gasteiger partial charge in [0.1, 0.15) is 0 Å². The molecular weight excluding hydrogens is 318 g/mol. The Morgan fingerprint density at radius 2 is 1.42 bits per heavy atom. The molecule has 0 aromatic heterocycles. The lowest BCUT2D eigenvalue weighted by Gasteiger charge is -2.06. The number of ketones is 1. The molecule has 0 unspecified atom stereocenters. The molecule has 1 N–H and O–H groups in total. The third kappa shape index (κ3) is 4.34. The number of carbonyl (C=O) groups excluding carboxylic acids is 1. The van der Waals surface area contributed by atoms with Gasteiger partial charge in [-0.05, 0) is 60.2 Å². The van der Waals surface area contributed by atoms with Gasteiger partial charge in [0.25, 0.3) is 0 Å². The summed E-state index contributed by atoms with van der Waals surface area (Å²) in [7, 11) is 0. The summed E-state index contributed by atoms with van der Waals surface area (Å²) in [6.45, 7) is 0. The lowest BCUT2D eigenvalue weighted by molar-refractivity contribution is 0.104. The fourth-order valence-electron chi connectivity index (χ4n) is 2.25. The van der Waals surface area contributed by atoms with Crippen LogP contribution in [0.2, 0.25) is 5.02 Å². The molecule has 0 spiro atoms. The van der Waals surface area contributed by atoms with Gasteiger partial charge in [0, 0.05) is 22.0 Å². The van der Waals surface area contributed by atoms with Crippen molar-refractivity contribution < 1.29 is 4.79 Å². The van der Waals surface area contributed by atoms with Crippen molar-refractivity contribution in [3.05, 3.63) is 101 Å². The van der Waals surface area contributed by atoms with Crippen molar-refractivity contribution in [3.8, 4) is 0 Å². The van der Waals surface area contributed by atoms with Crippen LogP contribution in [-0.4, -0.2) is 5.78 Å². The minimum atomic E-state index is -0.0313. The first kappa shape index (κ1) is 16.0. The molecule has 0 saturated heterocycles. The monoisotopic (exact) mass is 333 g/mol. The average molecular weight is 334 g/mol. The Balaban J connectivity index is 1.66. The summed E-state index contributed by atoms with van der Waals surface area (Å²) in [6.07, 6.45) is 3.36. The summed E-state index contributed by atoms with van der Waals surface area (Å²) < 4.78 is 0. The molecule has 0 radical (unpaired) electrons. The molecule has 118 valence electrons. The number of allylic oxidation sites excluding steroid dienone is 1. The third-order valence-corrected chi connectivity index (χ3v) is 3.78. The highest BCUT2D eigenvalue weighted by Crippen LogP contribution is 2.17. The van der Waals surface area contributed by atoms with Crippen LogP contribution in [0.25, 0.3) is 6.08 Å². The molecule has 0 heterocycles. The molecule has 0 aliphatic carbocycles. The largest absolute Gasteiger partial charge is 0.356 e. The van der Waals surface area contributed by atoms with Gasteiger partial charge in [-0.1, -0.05) is 48.0 Å². The second-order valence-corrected chi connectivity index (χ2v) is 5.75. The van der Waals surface area contributed by atoms with Crippen LogP contribution >= 0.6 is 11.6 Å². The smallest absolute Gasteiger partial charge is 0.185 e. The van der Waals surface area contributed by atoms with E-state index in [1.807, 2.05) is 66.7 Å². The number of halogens is 1. The molecule has 3 heteroatoms. The van der Waals surface area contributed by atoms with E-state index in [-0.39, 0.29) is 5.78 Å². The maximum absolute atomic E-state index is 12.2. The topological polar surface area (TPSA) is 29.1 Å². The first-order valence-corrected chi connectivity index (χ1v) is 7.99. The molecule has 0 fully saturated rings. The number of carbonyl (C=O) groups is 1. The number of anilines is 2. The molecule has 0 aliphatic heterocycles. The molecule has 0 atom stereocenters. The van der Waals surface area contributed by atoms with Gasteiger partial charge in [-0.2, -0.15) is 0 Å². The molecule has 0 saturated carbocycles. The Bertz CT molecular complexity index is 837. The first-order chi connectivity index (χ1) is 11.7. The van der Waals surface area contributed by atoms with Crippen molar-refractivity contribution in [3.63, 3.8) is 0 Å². The highest BCUT2D eigenvalue weighted by atomic mass is 35.5. The Labute approximate surface area is 146 Å². The van der Waals surface area contributed by atoms with Gasteiger partial charge in [-0.25, -0.2) is 0 Å². The standard InChI is InChI=1S/C21H16ClNO/c22-18-11-6-16(7-12-18)8-15-21(24)17-9-13-20(14-10-17)23-19-4-2-1-3-5-19/h1-15,23H/b15-8+. The fourth-order valence-corrected chi connectivity index (χ4v) is 2.37. The van der Waals surface area contributed by atoms with Crippen molar-refractivity contribution in [2.75, 3.05) is 5.32 Å². The van der Waals surface area contributed by atoms with Crippen LogP contribution in [0.5, 0.6) is 0 Å². The van der Waals surface area contributed by atoms with Crippen molar-refractivity contribution in [2.45, 2.75) is 0 Å². The molecule has 3 aromatic rings. The average Bonchev–Trinajstić information content (AvgIpc) is 2.62. The SMILES string of the molecule is O=C(/C=C/c1ccc(Cl)cc1)c1ccc(Nc2ccccc2)cc1. The van der Waals surface area contributed by atoms with Crippen LogP contribution < -0.4 is 5.32 Å². The van der Waals surface area contributed by atoms with Crippen LogP contribution in [0.4, 0.5) is 11.4 Å². The lowest BCUT2D eigenvalue weighted by Crippen LogP contribution is -1.95. The minimum absolute atomic E-state index is 0.0313. The number of nitrogens with one attached hydrogen (secondary N) is 1. The minimum Gasteiger partial charge on any atom is -0.356 e. The molecule has 0 amide bonds. The second-order valence-electron chi connectivity index (χ2n) is 5.32. The van der Waals surface area contributed by atoms with E-state index in [0.29, 0.717) is 10.6 Å². The summed E-state index contributed by atoms with van der Waals surface area (Å²) in [4.78, 5) is 12.2. The van der Waals surface area contributed by atoms with E-state index in [1.165, 1.54) is 0 Å². The number of para-hydroxylation sites is 1. The van der Waals surface area contributed by atoms with E-state index in [1.54, 1.807) is 24.3 Å². The van der Waals surface area contributed by atoms with Crippen LogP contribution in [0.3, 0.4) is 0 Å². The molecule has 0 aliphatic rings. The van der Waals surface area contributed by atoms with Crippen molar-refractivity contribution in [1.29, 1.82) is 0 Å². The predicted octanol–water partition coefficient (Wildman–Crippen LogP) is 5.98. The summed E-state index contributed by atoms with van der Waals surface area (Å²) >= 11 is 5.85.